The van der Waals surface area contributed by atoms with Crippen molar-refractivity contribution in [2.45, 2.75) is 6.42 Å². The first kappa shape index (κ1) is 22.6. The van der Waals surface area contributed by atoms with Crippen molar-refractivity contribution >= 4 is 40.2 Å². The summed E-state index contributed by atoms with van der Waals surface area (Å²) in [5, 5.41) is 18.2. The van der Waals surface area contributed by atoms with E-state index in [1.807, 2.05) is 24.3 Å². The van der Waals surface area contributed by atoms with Crippen molar-refractivity contribution in [1.82, 2.24) is 20.0 Å². The SMILES string of the molecule is O=C(O)COc1ccc(OCCCOc2cnc(Cl)cc2-n2nc3ccccc3n2)cc1Cl. The lowest BCUT2D eigenvalue weighted by molar-refractivity contribution is -0.139. The van der Waals surface area contributed by atoms with Gasteiger partial charge < -0.3 is 19.3 Å². The van der Waals surface area contributed by atoms with E-state index in [1.54, 1.807) is 24.3 Å². The Labute approximate surface area is 198 Å². The van der Waals surface area contributed by atoms with Crippen LogP contribution in [-0.4, -0.2) is 50.9 Å². The number of aromatic nitrogens is 4. The number of benzene rings is 2. The summed E-state index contributed by atoms with van der Waals surface area (Å²) in [7, 11) is 0. The van der Waals surface area contributed by atoms with Crippen molar-refractivity contribution in [3.63, 3.8) is 0 Å². The third kappa shape index (κ3) is 5.82. The predicted octanol–water partition coefficient (Wildman–Crippen LogP) is 4.43. The maximum absolute atomic E-state index is 10.6. The molecule has 11 heteroatoms. The second kappa shape index (κ2) is 10.4. The molecule has 2 heterocycles. The lowest BCUT2D eigenvalue weighted by Crippen LogP contribution is -2.10. The van der Waals surface area contributed by atoms with Crippen LogP contribution in [-0.2, 0) is 4.79 Å². The summed E-state index contributed by atoms with van der Waals surface area (Å²) in [5.74, 6) is 0.214. The molecule has 0 saturated heterocycles. The van der Waals surface area contributed by atoms with Gasteiger partial charge in [-0.3, -0.25) is 0 Å². The van der Waals surface area contributed by atoms with E-state index >= 15 is 0 Å². The molecule has 2 aromatic heterocycles. The molecular formula is C22H18Cl2N4O5. The van der Waals surface area contributed by atoms with E-state index in [1.165, 1.54) is 11.0 Å². The van der Waals surface area contributed by atoms with Gasteiger partial charge in [-0.25, -0.2) is 9.78 Å². The Morgan fingerprint density at radius 1 is 0.939 bits per heavy atom. The first-order chi connectivity index (χ1) is 16.0. The number of hydrogen-bond acceptors (Lipinski definition) is 7. The largest absolute Gasteiger partial charge is 0.493 e. The fourth-order valence-electron chi connectivity index (χ4n) is 2.90. The van der Waals surface area contributed by atoms with Crippen molar-refractivity contribution in [2.75, 3.05) is 19.8 Å². The van der Waals surface area contributed by atoms with Gasteiger partial charge in [0, 0.05) is 18.6 Å². The van der Waals surface area contributed by atoms with Gasteiger partial charge in [0.25, 0.3) is 0 Å². The predicted molar refractivity (Wildman–Crippen MR) is 122 cm³/mol. The van der Waals surface area contributed by atoms with Gasteiger partial charge in [0.15, 0.2) is 12.4 Å². The van der Waals surface area contributed by atoms with Crippen LogP contribution in [0.3, 0.4) is 0 Å². The molecule has 33 heavy (non-hydrogen) atoms. The molecule has 0 unspecified atom stereocenters. The molecule has 170 valence electrons. The highest BCUT2D eigenvalue weighted by Gasteiger charge is 2.12. The lowest BCUT2D eigenvalue weighted by atomic mass is 10.3. The smallest absolute Gasteiger partial charge is 0.341 e. The van der Waals surface area contributed by atoms with Crippen LogP contribution in [0, 0.1) is 0 Å². The van der Waals surface area contributed by atoms with Gasteiger partial charge >= 0.3 is 5.97 Å². The average Bonchev–Trinajstić information content (AvgIpc) is 3.23. The number of carboxylic acid groups (broad SMARTS) is 1. The molecule has 4 rings (SSSR count). The number of carboxylic acids is 1. The number of halogens is 2. The number of aliphatic carboxylic acids is 1. The summed E-state index contributed by atoms with van der Waals surface area (Å²) in [5.41, 5.74) is 2.08. The Hall–Kier alpha value is -3.56. The molecule has 1 N–H and O–H groups in total. The van der Waals surface area contributed by atoms with Gasteiger partial charge in [-0.2, -0.15) is 0 Å². The van der Waals surface area contributed by atoms with E-state index in [0.29, 0.717) is 42.0 Å². The molecule has 0 amide bonds. The van der Waals surface area contributed by atoms with Crippen molar-refractivity contribution in [2.24, 2.45) is 0 Å². The fraction of sp³-hybridized carbons (Fsp3) is 0.182. The van der Waals surface area contributed by atoms with Gasteiger partial charge in [0.2, 0.25) is 0 Å². The third-order valence-corrected chi connectivity index (χ3v) is 4.89. The molecule has 0 aliphatic carbocycles. The van der Waals surface area contributed by atoms with Gasteiger partial charge in [0.05, 0.1) is 24.4 Å². The summed E-state index contributed by atoms with van der Waals surface area (Å²) in [4.78, 5) is 16.2. The number of nitrogens with zero attached hydrogens (tertiary/aromatic N) is 4. The van der Waals surface area contributed by atoms with Crippen molar-refractivity contribution in [3.8, 4) is 22.9 Å². The van der Waals surface area contributed by atoms with E-state index < -0.39 is 12.6 Å². The van der Waals surface area contributed by atoms with Crippen LogP contribution in [0.25, 0.3) is 16.7 Å². The number of carbonyl (C=O) groups is 1. The van der Waals surface area contributed by atoms with Crippen molar-refractivity contribution in [1.29, 1.82) is 0 Å². The minimum Gasteiger partial charge on any atom is -0.493 e. The van der Waals surface area contributed by atoms with E-state index in [9.17, 15) is 4.79 Å². The van der Waals surface area contributed by atoms with Gasteiger partial charge in [-0.1, -0.05) is 35.3 Å². The number of ether oxygens (including phenoxy) is 3. The topological polar surface area (TPSA) is 109 Å². The number of fused-ring (bicyclic) bond motifs is 1. The van der Waals surface area contributed by atoms with E-state index in [4.69, 9.17) is 42.5 Å². The van der Waals surface area contributed by atoms with Crippen LogP contribution in [0.4, 0.5) is 0 Å². The Morgan fingerprint density at radius 2 is 1.67 bits per heavy atom. The summed E-state index contributed by atoms with van der Waals surface area (Å²) in [6.07, 6.45) is 2.10. The highest BCUT2D eigenvalue weighted by Crippen LogP contribution is 2.29. The lowest BCUT2D eigenvalue weighted by Gasteiger charge is -2.12. The highest BCUT2D eigenvalue weighted by atomic mass is 35.5. The third-order valence-electron chi connectivity index (χ3n) is 4.38. The summed E-state index contributed by atoms with van der Waals surface area (Å²) in [6, 6.07) is 13.9. The quantitative estimate of drug-likeness (QED) is 0.258. The van der Waals surface area contributed by atoms with Crippen molar-refractivity contribution in [3.05, 3.63) is 64.9 Å². The number of rotatable bonds is 10. The summed E-state index contributed by atoms with van der Waals surface area (Å²) >= 11 is 12.2. The van der Waals surface area contributed by atoms with Gasteiger partial charge in [0.1, 0.15) is 33.4 Å². The molecule has 0 aliphatic heterocycles. The first-order valence-corrected chi connectivity index (χ1v) is 10.6. The zero-order valence-electron chi connectivity index (χ0n) is 17.1. The van der Waals surface area contributed by atoms with Gasteiger partial charge in [-0.15, -0.1) is 15.0 Å². The molecule has 0 fully saturated rings. The zero-order valence-corrected chi connectivity index (χ0v) is 18.7. The van der Waals surface area contributed by atoms with Crippen LogP contribution >= 0.6 is 23.2 Å². The van der Waals surface area contributed by atoms with E-state index in [-0.39, 0.29) is 10.8 Å². The van der Waals surface area contributed by atoms with E-state index in [0.717, 1.165) is 11.0 Å². The summed E-state index contributed by atoms with van der Waals surface area (Å²) < 4.78 is 16.6. The Bertz CT molecular complexity index is 1250. The maximum atomic E-state index is 10.6. The number of pyridine rings is 1. The second-order valence-electron chi connectivity index (χ2n) is 6.78. The zero-order chi connectivity index (χ0) is 23.2. The minimum atomic E-state index is -1.08. The second-order valence-corrected chi connectivity index (χ2v) is 7.57. The Morgan fingerprint density at radius 3 is 2.36 bits per heavy atom. The monoisotopic (exact) mass is 488 g/mol. The average molecular weight is 489 g/mol. The first-order valence-electron chi connectivity index (χ1n) is 9.87. The normalized spacial score (nSPS) is 10.8. The number of hydrogen-bond donors (Lipinski definition) is 1. The minimum absolute atomic E-state index is 0.265. The highest BCUT2D eigenvalue weighted by molar-refractivity contribution is 6.32. The molecule has 0 bridgehead atoms. The fourth-order valence-corrected chi connectivity index (χ4v) is 3.28. The molecule has 0 aliphatic rings. The van der Waals surface area contributed by atoms with E-state index in [2.05, 4.69) is 15.2 Å². The molecule has 0 radical (unpaired) electrons. The maximum Gasteiger partial charge on any atom is 0.341 e. The van der Waals surface area contributed by atoms with Crippen LogP contribution in [0.15, 0.2) is 54.7 Å². The molecule has 2 aromatic carbocycles. The molecular weight excluding hydrogens is 471 g/mol. The molecule has 9 nitrogen and oxygen atoms in total. The standard InChI is InChI=1S/C22H18Cl2N4O5/c23-15-10-14(6-7-19(15)33-13-22(29)30)31-8-3-9-32-20-12-25-21(24)11-18(20)28-26-16-4-1-2-5-17(16)27-28/h1-2,4-7,10-12H,3,8-9,13H2,(H,29,30). The molecule has 4 aromatic rings. The Balaban J connectivity index is 1.33. The molecule has 0 saturated carbocycles. The van der Waals surface area contributed by atoms with Crippen LogP contribution in [0.5, 0.6) is 17.2 Å². The van der Waals surface area contributed by atoms with Gasteiger partial charge in [-0.05, 0) is 24.3 Å². The van der Waals surface area contributed by atoms with Crippen LogP contribution in [0.1, 0.15) is 6.42 Å². The summed E-state index contributed by atoms with van der Waals surface area (Å²) in [6.45, 7) is 0.249. The van der Waals surface area contributed by atoms with Crippen molar-refractivity contribution < 1.29 is 24.1 Å². The van der Waals surface area contributed by atoms with Crippen LogP contribution < -0.4 is 14.2 Å². The molecule has 0 atom stereocenters. The molecule has 0 spiro atoms. The van der Waals surface area contributed by atoms with Crippen LogP contribution in [0.2, 0.25) is 10.2 Å². The Kier molecular flexibility index (Phi) is 7.11.